The average Bonchev–Trinajstić information content (AvgIpc) is 2.64. The van der Waals surface area contributed by atoms with Gasteiger partial charge in [-0.3, -0.25) is 4.79 Å². The molecule has 2 heteroatoms. The van der Waals surface area contributed by atoms with Crippen molar-refractivity contribution >= 4 is 11.6 Å². The molecule has 1 amide bonds. The molecule has 120 valence electrons. The van der Waals surface area contributed by atoms with Gasteiger partial charge in [0.25, 0.3) is 0 Å². The third kappa shape index (κ3) is 4.11. The minimum atomic E-state index is 0.0406. The fourth-order valence-electron chi connectivity index (χ4n) is 2.77. The molecule has 3 aromatic rings. The van der Waals surface area contributed by atoms with Crippen LogP contribution in [0.15, 0.2) is 84.9 Å². The van der Waals surface area contributed by atoms with Crippen LogP contribution >= 0.6 is 0 Å². The molecule has 3 rings (SSSR count). The van der Waals surface area contributed by atoms with Crippen LogP contribution < -0.4 is 5.32 Å². The highest BCUT2D eigenvalue weighted by Crippen LogP contribution is 2.22. The number of anilines is 1. The van der Waals surface area contributed by atoms with E-state index in [2.05, 4.69) is 36.5 Å². The maximum absolute atomic E-state index is 12.2. The van der Waals surface area contributed by atoms with Crippen LogP contribution in [-0.4, -0.2) is 5.91 Å². The van der Waals surface area contributed by atoms with Gasteiger partial charge in [-0.2, -0.15) is 0 Å². The standard InChI is InChI=1S/C22H21NO/c1-17(18-8-4-2-5-9-18)16-22(24)23-21-14-12-20(13-15-21)19-10-6-3-7-11-19/h2-15,17H,16H2,1H3,(H,23,24)/t17-/m1/s1. The second kappa shape index (κ2) is 7.60. The first-order chi connectivity index (χ1) is 11.7. The second-order valence-corrected chi connectivity index (χ2v) is 6.01. The van der Waals surface area contributed by atoms with Crippen LogP contribution in [0.2, 0.25) is 0 Å². The summed E-state index contributed by atoms with van der Waals surface area (Å²) in [6.07, 6.45) is 0.477. The van der Waals surface area contributed by atoms with E-state index in [-0.39, 0.29) is 11.8 Å². The number of carbonyl (C=O) groups excluding carboxylic acids is 1. The predicted molar refractivity (Wildman–Crippen MR) is 100.0 cm³/mol. The van der Waals surface area contributed by atoms with Crippen LogP contribution in [0.5, 0.6) is 0 Å². The molecule has 0 heterocycles. The molecule has 0 unspecified atom stereocenters. The summed E-state index contributed by atoms with van der Waals surface area (Å²) in [7, 11) is 0. The minimum absolute atomic E-state index is 0.0406. The smallest absolute Gasteiger partial charge is 0.224 e. The Bertz CT molecular complexity index is 779. The number of amides is 1. The monoisotopic (exact) mass is 315 g/mol. The van der Waals surface area contributed by atoms with Crippen LogP contribution in [0.4, 0.5) is 5.69 Å². The van der Waals surface area contributed by atoms with E-state index in [0.29, 0.717) is 6.42 Å². The third-order valence-electron chi connectivity index (χ3n) is 4.14. The Balaban J connectivity index is 1.61. The second-order valence-electron chi connectivity index (χ2n) is 6.01. The highest BCUT2D eigenvalue weighted by atomic mass is 16.1. The molecule has 0 aliphatic rings. The van der Waals surface area contributed by atoms with Gasteiger partial charge in [-0.25, -0.2) is 0 Å². The van der Waals surface area contributed by atoms with Gasteiger partial charge >= 0.3 is 0 Å². The lowest BCUT2D eigenvalue weighted by Crippen LogP contribution is -2.14. The summed E-state index contributed by atoms with van der Waals surface area (Å²) in [5.74, 6) is 0.244. The fraction of sp³-hybridized carbons (Fsp3) is 0.136. The summed E-state index contributed by atoms with van der Waals surface area (Å²) in [6.45, 7) is 2.08. The first-order valence-electron chi connectivity index (χ1n) is 8.22. The van der Waals surface area contributed by atoms with Crippen molar-refractivity contribution in [3.63, 3.8) is 0 Å². The normalized spacial score (nSPS) is 11.7. The number of nitrogens with one attached hydrogen (secondary N) is 1. The van der Waals surface area contributed by atoms with Crippen LogP contribution in [0.3, 0.4) is 0 Å². The molecule has 0 aromatic heterocycles. The average molecular weight is 315 g/mol. The van der Waals surface area contributed by atoms with Gasteiger partial charge in [0.15, 0.2) is 0 Å². The Morgan fingerprint density at radius 1 is 0.792 bits per heavy atom. The Morgan fingerprint density at radius 2 is 1.33 bits per heavy atom. The fourth-order valence-corrected chi connectivity index (χ4v) is 2.77. The molecule has 1 N–H and O–H groups in total. The molecular weight excluding hydrogens is 294 g/mol. The molecule has 24 heavy (non-hydrogen) atoms. The lowest BCUT2D eigenvalue weighted by Gasteiger charge is -2.12. The molecule has 1 atom stereocenters. The number of hydrogen-bond acceptors (Lipinski definition) is 1. The van der Waals surface area contributed by atoms with E-state index >= 15 is 0 Å². The molecule has 0 aliphatic carbocycles. The van der Waals surface area contributed by atoms with Crippen LogP contribution in [0, 0.1) is 0 Å². The Morgan fingerprint density at radius 3 is 1.96 bits per heavy atom. The molecule has 0 saturated carbocycles. The van der Waals surface area contributed by atoms with Gasteiger partial charge in [0.2, 0.25) is 5.91 Å². The van der Waals surface area contributed by atoms with Crippen molar-refractivity contribution in [2.75, 3.05) is 5.32 Å². The molecule has 0 radical (unpaired) electrons. The number of carbonyl (C=O) groups is 1. The van der Waals surface area contributed by atoms with Crippen molar-refractivity contribution in [3.8, 4) is 11.1 Å². The Hall–Kier alpha value is -2.87. The summed E-state index contributed by atoms with van der Waals surface area (Å²) in [5, 5.41) is 2.98. The minimum Gasteiger partial charge on any atom is -0.326 e. The molecule has 0 fully saturated rings. The highest BCUT2D eigenvalue weighted by Gasteiger charge is 2.11. The SMILES string of the molecule is C[C@H](CC(=O)Nc1ccc(-c2ccccc2)cc1)c1ccccc1. The van der Waals surface area contributed by atoms with Gasteiger partial charge < -0.3 is 5.32 Å². The van der Waals surface area contributed by atoms with E-state index in [9.17, 15) is 4.79 Å². The third-order valence-corrected chi connectivity index (χ3v) is 4.14. The number of benzene rings is 3. The molecular formula is C22H21NO. The van der Waals surface area contributed by atoms with E-state index in [4.69, 9.17) is 0 Å². The summed E-state index contributed by atoms with van der Waals surface area (Å²) in [4.78, 5) is 12.2. The predicted octanol–water partition coefficient (Wildman–Crippen LogP) is 5.49. The zero-order chi connectivity index (χ0) is 16.8. The largest absolute Gasteiger partial charge is 0.326 e. The van der Waals surface area contributed by atoms with Gasteiger partial charge in [0.1, 0.15) is 0 Å². The van der Waals surface area contributed by atoms with E-state index in [1.807, 2.05) is 60.7 Å². The van der Waals surface area contributed by atoms with Crippen LogP contribution in [-0.2, 0) is 4.79 Å². The van der Waals surface area contributed by atoms with E-state index in [1.54, 1.807) is 0 Å². The molecule has 0 saturated heterocycles. The van der Waals surface area contributed by atoms with Crippen molar-refractivity contribution in [2.45, 2.75) is 19.3 Å². The quantitative estimate of drug-likeness (QED) is 0.663. The number of rotatable bonds is 5. The van der Waals surface area contributed by atoms with Gasteiger partial charge in [-0.05, 0) is 34.7 Å². The van der Waals surface area contributed by atoms with Crippen LogP contribution in [0.25, 0.3) is 11.1 Å². The lowest BCUT2D eigenvalue weighted by atomic mass is 9.97. The van der Waals surface area contributed by atoms with Crippen molar-refractivity contribution in [1.29, 1.82) is 0 Å². The van der Waals surface area contributed by atoms with Crippen molar-refractivity contribution in [2.24, 2.45) is 0 Å². The zero-order valence-electron chi connectivity index (χ0n) is 13.8. The summed E-state index contributed by atoms with van der Waals surface area (Å²) >= 11 is 0. The molecule has 0 bridgehead atoms. The zero-order valence-corrected chi connectivity index (χ0v) is 13.8. The van der Waals surface area contributed by atoms with Gasteiger partial charge in [0.05, 0.1) is 0 Å². The van der Waals surface area contributed by atoms with Crippen LogP contribution in [0.1, 0.15) is 24.8 Å². The lowest BCUT2D eigenvalue weighted by molar-refractivity contribution is -0.116. The maximum atomic E-state index is 12.2. The van der Waals surface area contributed by atoms with E-state index in [1.165, 1.54) is 11.1 Å². The molecule has 3 aromatic carbocycles. The Kier molecular flexibility index (Phi) is 5.07. The maximum Gasteiger partial charge on any atom is 0.224 e. The van der Waals surface area contributed by atoms with E-state index < -0.39 is 0 Å². The highest BCUT2D eigenvalue weighted by molar-refractivity contribution is 5.91. The first-order valence-corrected chi connectivity index (χ1v) is 8.22. The van der Waals surface area contributed by atoms with Gasteiger partial charge in [0, 0.05) is 12.1 Å². The number of hydrogen-bond donors (Lipinski definition) is 1. The first kappa shape index (κ1) is 16.0. The summed E-state index contributed by atoms with van der Waals surface area (Å²) in [5.41, 5.74) is 4.34. The van der Waals surface area contributed by atoms with Crippen molar-refractivity contribution < 1.29 is 4.79 Å². The summed E-state index contributed by atoms with van der Waals surface area (Å²) in [6, 6.07) is 28.3. The topological polar surface area (TPSA) is 29.1 Å². The Labute approximate surface area is 143 Å². The molecule has 0 spiro atoms. The molecule has 2 nitrogen and oxygen atoms in total. The van der Waals surface area contributed by atoms with Crippen molar-refractivity contribution in [1.82, 2.24) is 0 Å². The van der Waals surface area contributed by atoms with Gasteiger partial charge in [-0.15, -0.1) is 0 Å². The summed E-state index contributed by atoms with van der Waals surface area (Å²) < 4.78 is 0. The molecule has 0 aliphatic heterocycles. The van der Waals surface area contributed by atoms with E-state index in [0.717, 1.165) is 11.3 Å². The van der Waals surface area contributed by atoms with Crippen molar-refractivity contribution in [3.05, 3.63) is 90.5 Å². The van der Waals surface area contributed by atoms with Gasteiger partial charge in [-0.1, -0.05) is 79.7 Å².